The number of nitrogens with one attached hydrogen (secondary N) is 2. The van der Waals surface area contributed by atoms with Crippen LogP contribution in [-0.4, -0.2) is 130 Å². The summed E-state index contributed by atoms with van der Waals surface area (Å²) in [6.07, 6.45) is 1.29. The fraction of sp³-hybridized carbons (Fsp3) is 0.400. The summed E-state index contributed by atoms with van der Waals surface area (Å²) < 4.78 is 37.5. The van der Waals surface area contributed by atoms with E-state index in [9.17, 15) is 33.9 Å². The summed E-state index contributed by atoms with van der Waals surface area (Å²) in [6, 6.07) is 4.68. The van der Waals surface area contributed by atoms with Crippen molar-refractivity contribution >= 4 is 75.3 Å². The number of ether oxygens (including phenoxy) is 1. The molecular formula is C40H41ClF2N8O8. The molecule has 16 nitrogen and oxygen atoms in total. The summed E-state index contributed by atoms with van der Waals surface area (Å²) in [4.78, 5) is 90.1. The van der Waals surface area contributed by atoms with Gasteiger partial charge in [-0.05, 0) is 36.8 Å². The summed E-state index contributed by atoms with van der Waals surface area (Å²) in [5.41, 5.74) is -0.610. The number of halogens is 3. The average molecular weight is 835 g/mol. The molecule has 2 saturated heterocycles. The Balaban J connectivity index is 1.01. The maximum atomic E-state index is 16.6. The third-order valence-electron chi connectivity index (χ3n) is 10.9. The van der Waals surface area contributed by atoms with E-state index in [2.05, 4.69) is 20.6 Å². The van der Waals surface area contributed by atoms with Gasteiger partial charge >= 0.3 is 0 Å². The topological polar surface area (TPSA) is 195 Å². The quantitative estimate of drug-likeness (QED) is 0.240. The van der Waals surface area contributed by atoms with Gasteiger partial charge in [0.05, 0.1) is 28.8 Å². The molecule has 6 amide bonds. The van der Waals surface area contributed by atoms with Crippen molar-refractivity contribution < 1.29 is 47.4 Å². The fourth-order valence-electron chi connectivity index (χ4n) is 7.52. The van der Waals surface area contributed by atoms with Gasteiger partial charge in [-0.1, -0.05) is 24.6 Å². The Kier molecular flexibility index (Phi) is 11.6. The van der Waals surface area contributed by atoms with E-state index in [1.165, 1.54) is 42.2 Å². The Morgan fingerprint density at radius 2 is 1.80 bits per heavy atom. The van der Waals surface area contributed by atoms with Gasteiger partial charge in [0.25, 0.3) is 11.8 Å². The molecule has 310 valence electrons. The van der Waals surface area contributed by atoms with E-state index in [4.69, 9.17) is 16.3 Å². The van der Waals surface area contributed by atoms with E-state index in [1.807, 2.05) is 4.90 Å². The smallest absolute Gasteiger partial charge is 0.262 e. The molecule has 0 spiro atoms. The van der Waals surface area contributed by atoms with Crippen molar-refractivity contribution in [1.29, 1.82) is 0 Å². The number of aliphatic hydroxyl groups is 1. The number of piperidine rings is 1. The van der Waals surface area contributed by atoms with Crippen molar-refractivity contribution in [2.24, 2.45) is 5.92 Å². The van der Waals surface area contributed by atoms with Crippen molar-refractivity contribution in [2.45, 2.75) is 45.3 Å². The van der Waals surface area contributed by atoms with Crippen LogP contribution in [-0.2, 0) is 19.2 Å². The van der Waals surface area contributed by atoms with Gasteiger partial charge in [-0.25, -0.2) is 13.8 Å². The highest BCUT2D eigenvalue weighted by Crippen LogP contribution is 2.42. The van der Waals surface area contributed by atoms with Crippen LogP contribution in [0.3, 0.4) is 0 Å². The van der Waals surface area contributed by atoms with Gasteiger partial charge in [0.15, 0.2) is 5.82 Å². The van der Waals surface area contributed by atoms with Crippen LogP contribution in [0.1, 0.15) is 59.4 Å². The molecule has 1 aliphatic carbocycles. The van der Waals surface area contributed by atoms with E-state index in [0.29, 0.717) is 32.0 Å². The zero-order valence-electron chi connectivity index (χ0n) is 32.4. The van der Waals surface area contributed by atoms with E-state index in [-0.39, 0.29) is 101 Å². The predicted molar refractivity (Wildman–Crippen MR) is 211 cm³/mol. The standard InChI is InChI=1S/C40H41ClF2N8O8/c1-20-4-7-27(42)32(35(20)55)31-26(41)19-25-34(33(31)43)46-40(47-36(25)50-14-12-49(13-15-50)21(2)52)44-11-10-30(54)48(3)16-17-59-22-5-6-23-24(18-22)39(58)51(38(23)57)28-8-9-29(53)45-37(28)56/h4-7,18-20,28,35,55H,8-17H2,1-3H3,(H,44,46,47)(H,45,53,56)/t20-,28?,35-/m0/s1. The molecule has 2 fully saturated rings. The average Bonchev–Trinajstić information content (AvgIpc) is 3.45. The van der Waals surface area contributed by atoms with Crippen LogP contribution < -0.4 is 20.3 Å². The number of rotatable bonds is 11. The van der Waals surface area contributed by atoms with Crippen molar-refractivity contribution in [3.63, 3.8) is 0 Å². The summed E-state index contributed by atoms with van der Waals surface area (Å²) in [5.74, 6) is -4.56. The molecule has 59 heavy (non-hydrogen) atoms. The monoisotopic (exact) mass is 834 g/mol. The molecule has 3 N–H and O–H groups in total. The number of amides is 6. The zero-order chi connectivity index (χ0) is 42.3. The third-order valence-corrected chi connectivity index (χ3v) is 11.2. The van der Waals surface area contributed by atoms with Crippen LogP contribution in [0.4, 0.5) is 20.5 Å². The van der Waals surface area contributed by atoms with Gasteiger partial charge in [-0.2, -0.15) is 4.98 Å². The number of likely N-dealkylation sites (N-methyl/N-ethyl adjacent to an activating group) is 1. The Morgan fingerprint density at radius 3 is 2.51 bits per heavy atom. The summed E-state index contributed by atoms with van der Waals surface area (Å²) in [7, 11) is 1.57. The molecule has 0 radical (unpaired) electrons. The van der Waals surface area contributed by atoms with Crippen molar-refractivity contribution in [2.75, 3.05) is 63.1 Å². The number of aliphatic hydroxyl groups excluding tert-OH is 1. The Morgan fingerprint density at radius 1 is 1.07 bits per heavy atom. The molecule has 4 heterocycles. The summed E-state index contributed by atoms with van der Waals surface area (Å²) in [5, 5.41) is 16.1. The van der Waals surface area contributed by atoms with Crippen LogP contribution in [0.5, 0.6) is 5.75 Å². The first-order chi connectivity index (χ1) is 28.1. The zero-order valence-corrected chi connectivity index (χ0v) is 33.1. The molecule has 1 aromatic heterocycles. The van der Waals surface area contributed by atoms with Gasteiger partial charge in [0, 0.05) is 82.0 Å². The number of nitrogens with zero attached hydrogens (tertiary/aromatic N) is 6. The Bertz CT molecular complexity index is 2350. The number of fused-ring (bicyclic) bond motifs is 2. The number of allylic oxidation sites excluding steroid dienone is 2. The molecule has 0 saturated carbocycles. The number of benzene rings is 2. The van der Waals surface area contributed by atoms with E-state index >= 15 is 8.78 Å². The van der Waals surface area contributed by atoms with Crippen molar-refractivity contribution in [3.05, 3.63) is 69.8 Å². The first-order valence-corrected chi connectivity index (χ1v) is 19.4. The van der Waals surface area contributed by atoms with Crippen LogP contribution >= 0.6 is 11.6 Å². The molecule has 19 heteroatoms. The molecule has 3 atom stereocenters. The number of hydrogen-bond donors (Lipinski definition) is 3. The van der Waals surface area contributed by atoms with Crippen LogP contribution in [0, 0.1) is 11.7 Å². The molecule has 3 aliphatic heterocycles. The highest BCUT2D eigenvalue weighted by molar-refractivity contribution is 6.33. The van der Waals surface area contributed by atoms with Gasteiger partial charge in [-0.15, -0.1) is 0 Å². The molecular weight excluding hydrogens is 794 g/mol. The second kappa shape index (κ2) is 16.7. The van der Waals surface area contributed by atoms with Gasteiger partial charge in [0.1, 0.15) is 35.6 Å². The maximum Gasteiger partial charge on any atom is 0.262 e. The van der Waals surface area contributed by atoms with Gasteiger partial charge in [0.2, 0.25) is 29.6 Å². The van der Waals surface area contributed by atoms with Gasteiger partial charge in [-0.3, -0.25) is 39.0 Å². The number of carbonyl (C=O) groups excluding carboxylic acids is 6. The Labute approximate surface area is 341 Å². The second-order valence-electron chi connectivity index (χ2n) is 14.7. The van der Waals surface area contributed by atoms with E-state index in [0.717, 1.165) is 11.0 Å². The highest BCUT2D eigenvalue weighted by Gasteiger charge is 2.45. The predicted octanol–water partition coefficient (Wildman–Crippen LogP) is 3.08. The van der Waals surface area contributed by atoms with E-state index in [1.54, 1.807) is 18.9 Å². The molecule has 4 aliphatic rings. The number of piperazine rings is 1. The number of carbonyl (C=O) groups is 6. The van der Waals surface area contributed by atoms with E-state index < -0.39 is 53.3 Å². The third kappa shape index (κ3) is 8.06. The lowest BCUT2D eigenvalue weighted by Crippen LogP contribution is -2.54. The van der Waals surface area contributed by atoms with Crippen molar-refractivity contribution in [3.8, 4) is 5.75 Å². The summed E-state index contributed by atoms with van der Waals surface area (Å²) in [6.45, 7) is 4.90. The summed E-state index contributed by atoms with van der Waals surface area (Å²) >= 11 is 6.61. The molecule has 2 aromatic carbocycles. The number of anilines is 2. The lowest BCUT2D eigenvalue weighted by atomic mass is 9.86. The lowest BCUT2D eigenvalue weighted by molar-refractivity contribution is -0.136. The largest absolute Gasteiger partial charge is 0.492 e. The van der Waals surface area contributed by atoms with Crippen LogP contribution in [0.2, 0.25) is 5.02 Å². The molecule has 1 unspecified atom stereocenters. The number of imide groups is 2. The normalized spacial score (nSPS) is 20.7. The first-order valence-electron chi connectivity index (χ1n) is 19.1. The van der Waals surface area contributed by atoms with Gasteiger partial charge < -0.3 is 29.9 Å². The maximum absolute atomic E-state index is 16.6. The Hall–Kier alpha value is -6.01. The SMILES string of the molecule is CC(=O)N1CCN(c2nc(NCCC(=O)N(C)CCOc3ccc4c(c3)C(=O)N(C3CCC(=O)NC3=O)C4=O)nc3c(F)c(C4=C(F)C=C[C@H](C)[C@@H]4O)c(Cl)cc23)CC1. The highest BCUT2D eigenvalue weighted by atomic mass is 35.5. The molecule has 7 rings (SSSR count). The van der Waals surface area contributed by atoms with Crippen molar-refractivity contribution in [1.82, 2.24) is 30.0 Å². The number of hydrogen-bond acceptors (Lipinski definition) is 12. The first kappa shape index (κ1) is 41.2. The molecule has 0 bridgehead atoms. The second-order valence-corrected chi connectivity index (χ2v) is 15.1. The number of aromatic nitrogens is 2. The molecule has 3 aromatic rings. The minimum atomic E-state index is -1.36. The minimum absolute atomic E-state index is 0.00309. The fourth-order valence-corrected chi connectivity index (χ4v) is 7.81. The van der Waals surface area contributed by atoms with Crippen LogP contribution in [0.25, 0.3) is 16.5 Å². The minimum Gasteiger partial charge on any atom is -0.492 e. The lowest BCUT2D eigenvalue weighted by Gasteiger charge is -2.35. The van der Waals surface area contributed by atoms with Crippen LogP contribution in [0.15, 0.2) is 42.2 Å².